The number of nitro groups is 1. The monoisotopic (exact) mass is 239 g/mol. The first-order chi connectivity index (χ1) is 8.06. The molecule has 1 unspecified atom stereocenters. The lowest BCUT2D eigenvalue weighted by Gasteiger charge is -2.33. The van der Waals surface area contributed by atoms with E-state index in [-0.39, 0.29) is 5.69 Å². The number of hydrogen-bond donors (Lipinski definition) is 1. The van der Waals surface area contributed by atoms with Crippen molar-refractivity contribution in [2.24, 2.45) is 0 Å². The van der Waals surface area contributed by atoms with E-state index in [2.05, 4.69) is 5.32 Å². The number of piperazine rings is 1. The molecule has 1 aromatic rings. The van der Waals surface area contributed by atoms with Crippen LogP contribution in [0.25, 0.3) is 0 Å². The minimum Gasteiger partial charge on any atom is -0.368 e. The van der Waals surface area contributed by atoms with Crippen molar-refractivity contribution in [3.8, 4) is 0 Å². The average molecular weight is 239 g/mol. The quantitative estimate of drug-likeness (QED) is 0.628. The van der Waals surface area contributed by atoms with Crippen LogP contribution in [-0.2, 0) is 0 Å². The summed E-state index contributed by atoms with van der Waals surface area (Å²) < 4.78 is 13.3. The van der Waals surface area contributed by atoms with E-state index in [0.717, 1.165) is 25.7 Å². The zero-order valence-electron chi connectivity index (χ0n) is 9.52. The van der Waals surface area contributed by atoms with Gasteiger partial charge in [-0.1, -0.05) is 0 Å². The lowest BCUT2D eigenvalue weighted by Crippen LogP contribution is -2.49. The molecule has 6 heteroatoms. The maximum Gasteiger partial charge on any atom is 0.274 e. The number of hydrogen-bond acceptors (Lipinski definition) is 4. The van der Waals surface area contributed by atoms with Gasteiger partial charge in [0.2, 0.25) is 0 Å². The number of non-ortho nitro benzene ring substituents is 1. The van der Waals surface area contributed by atoms with Crippen LogP contribution < -0.4 is 10.2 Å². The van der Waals surface area contributed by atoms with Crippen LogP contribution in [0.4, 0.5) is 15.8 Å². The molecule has 5 nitrogen and oxygen atoms in total. The predicted octanol–water partition coefficient (Wildman–Crippen LogP) is 1.53. The molecule has 1 heterocycles. The first kappa shape index (κ1) is 11.8. The summed E-state index contributed by atoms with van der Waals surface area (Å²) in [6.45, 7) is 4.27. The SMILES string of the molecule is CC1CN(c2cc(F)cc([N+](=O)[O-])c2)CCN1. The maximum absolute atomic E-state index is 13.3. The van der Waals surface area contributed by atoms with Crippen LogP contribution in [0.2, 0.25) is 0 Å². The zero-order chi connectivity index (χ0) is 12.4. The van der Waals surface area contributed by atoms with Crippen LogP contribution in [0.3, 0.4) is 0 Å². The van der Waals surface area contributed by atoms with Gasteiger partial charge in [-0.3, -0.25) is 10.1 Å². The molecule has 1 saturated heterocycles. The molecule has 92 valence electrons. The summed E-state index contributed by atoms with van der Waals surface area (Å²) in [5.74, 6) is -0.569. The molecule has 0 bridgehead atoms. The summed E-state index contributed by atoms with van der Waals surface area (Å²) >= 11 is 0. The Bertz CT molecular complexity index is 439. The number of anilines is 1. The number of nitro benzene ring substituents is 1. The van der Waals surface area contributed by atoms with E-state index in [9.17, 15) is 14.5 Å². The van der Waals surface area contributed by atoms with Gasteiger partial charge in [0.1, 0.15) is 5.82 Å². The molecule has 0 amide bonds. The molecule has 0 aromatic heterocycles. The fourth-order valence-corrected chi connectivity index (χ4v) is 2.01. The average Bonchev–Trinajstić information content (AvgIpc) is 2.28. The van der Waals surface area contributed by atoms with Crippen molar-refractivity contribution >= 4 is 11.4 Å². The summed E-state index contributed by atoms with van der Waals surface area (Å²) in [4.78, 5) is 12.0. The highest BCUT2D eigenvalue weighted by molar-refractivity contribution is 5.54. The van der Waals surface area contributed by atoms with E-state index in [1.54, 1.807) is 0 Å². The third-order valence-electron chi connectivity index (χ3n) is 2.81. The fourth-order valence-electron chi connectivity index (χ4n) is 2.01. The smallest absolute Gasteiger partial charge is 0.274 e. The Morgan fingerprint density at radius 1 is 1.53 bits per heavy atom. The molecule has 0 saturated carbocycles. The lowest BCUT2D eigenvalue weighted by molar-refractivity contribution is -0.385. The third kappa shape index (κ3) is 2.71. The van der Waals surface area contributed by atoms with Crippen LogP contribution in [0, 0.1) is 15.9 Å². The Balaban J connectivity index is 2.28. The molecule has 0 aliphatic carbocycles. The summed E-state index contributed by atoms with van der Waals surface area (Å²) in [7, 11) is 0. The fraction of sp³-hybridized carbons (Fsp3) is 0.455. The van der Waals surface area contributed by atoms with Crippen molar-refractivity contribution in [2.45, 2.75) is 13.0 Å². The minimum atomic E-state index is -0.571. The maximum atomic E-state index is 13.3. The Morgan fingerprint density at radius 2 is 2.29 bits per heavy atom. The minimum absolute atomic E-state index is 0.203. The molecule has 2 rings (SSSR count). The topological polar surface area (TPSA) is 58.4 Å². The van der Waals surface area contributed by atoms with Crippen molar-refractivity contribution in [2.75, 3.05) is 24.5 Å². The van der Waals surface area contributed by atoms with E-state index >= 15 is 0 Å². The predicted molar refractivity (Wildman–Crippen MR) is 62.7 cm³/mol. The highest BCUT2D eigenvalue weighted by Gasteiger charge is 2.19. The molecule has 1 N–H and O–H groups in total. The molecular formula is C11H14FN3O2. The first-order valence-electron chi connectivity index (χ1n) is 5.49. The largest absolute Gasteiger partial charge is 0.368 e. The van der Waals surface area contributed by atoms with E-state index in [4.69, 9.17) is 0 Å². The molecular weight excluding hydrogens is 225 g/mol. The van der Waals surface area contributed by atoms with Crippen LogP contribution >= 0.6 is 0 Å². The second-order valence-electron chi connectivity index (χ2n) is 4.23. The lowest BCUT2D eigenvalue weighted by atomic mass is 10.2. The number of benzene rings is 1. The summed E-state index contributed by atoms with van der Waals surface area (Å²) in [6, 6.07) is 3.99. The Kier molecular flexibility index (Phi) is 3.23. The molecule has 17 heavy (non-hydrogen) atoms. The number of rotatable bonds is 2. The van der Waals surface area contributed by atoms with Crippen LogP contribution in [-0.4, -0.2) is 30.6 Å². The summed E-state index contributed by atoms with van der Waals surface area (Å²) in [5.41, 5.74) is 0.372. The van der Waals surface area contributed by atoms with Crippen LogP contribution in [0.1, 0.15) is 6.92 Å². The van der Waals surface area contributed by atoms with E-state index < -0.39 is 10.7 Å². The highest BCUT2D eigenvalue weighted by Crippen LogP contribution is 2.24. The number of halogens is 1. The first-order valence-corrected chi connectivity index (χ1v) is 5.49. The molecule has 1 aromatic carbocycles. The van der Waals surface area contributed by atoms with Crippen LogP contribution in [0.5, 0.6) is 0 Å². The summed E-state index contributed by atoms with van der Waals surface area (Å²) in [6.07, 6.45) is 0. The highest BCUT2D eigenvalue weighted by atomic mass is 19.1. The molecule has 1 aliphatic rings. The zero-order valence-corrected chi connectivity index (χ0v) is 9.52. The van der Waals surface area contributed by atoms with Gasteiger partial charge in [0.15, 0.2) is 0 Å². The van der Waals surface area contributed by atoms with Crippen molar-refractivity contribution in [3.05, 3.63) is 34.1 Å². The van der Waals surface area contributed by atoms with Gasteiger partial charge in [0.25, 0.3) is 5.69 Å². The standard InChI is InChI=1S/C11H14FN3O2/c1-8-7-14(3-2-13-8)10-4-9(12)5-11(6-10)15(16)17/h4-6,8,13H,2-3,7H2,1H3. The van der Waals surface area contributed by atoms with E-state index in [0.29, 0.717) is 11.7 Å². The molecule has 0 radical (unpaired) electrons. The van der Waals surface area contributed by atoms with Gasteiger partial charge in [-0.2, -0.15) is 0 Å². The van der Waals surface area contributed by atoms with Gasteiger partial charge in [0.05, 0.1) is 11.0 Å². The Morgan fingerprint density at radius 3 is 2.94 bits per heavy atom. The molecule has 0 spiro atoms. The number of nitrogens with zero attached hydrogens (tertiary/aromatic N) is 2. The van der Waals surface area contributed by atoms with Gasteiger partial charge >= 0.3 is 0 Å². The molecule has 1 aliphatic heterocycles. The Hall–Kier alpha value is -1.69. The Labute approximate surface area is 98.4 Å². The number of nitrogens with one attached hydrogen (secondary N) is 1. The van der Waals surface area contributed by atoms with Crippen molar-refractivity contribution < 1.29 is 9.31 Å². The van der Waals surface area contributed by atoms with Gasteiger partial charge < -0.3 is 10.2 Å². The van der Waals surface area contributed by atoms with Crippen LogP contribution in [0.15, 0.2) is 18.2 Å². The second kappa shape index (κ2) is 4.67. The van der Waals surface area contributed by atoms with Crippen molar-refractivity contribution in [3.63, 3.8) is 0 Å². The van der Waals surface area contributed by atoms with Crippen molar-refractivity contribution in [1.29, 1.82) is 0 Å². The normalized spacial score (nSPS) is 20.4. The van der Waals surface area contributed by atoms with Gasteiger partial charge in [-0.15, -0.1) is 0 Å². The second-order valence-corrected chi connectivity index (χ2v) is 4.23. The van der Waals surface area contributed by atoms with Gasteiger partial charge in [-0.05, 0) is 13.0 Å². The van der Waals surface area contributed by atoms with E-state index in [1.165, 1.54) is 12.1 Å². The summed E-state index contributed by atoms with van der Waals surface area (Å²) in [5, 5.41) is 13.9. The van der Waals surface area contributed by atoms with Gasteiger partial charge in [-0.25, -0.2) is 4.39 Å². The van der Waals surface area contributed by atoms with E-state index in [1.807, 2.05) is 11.8 Å². The van der Waals surface area contributed by atoms with Gasteiger partial charge in [0, 0.05) is 37.4 Å². The molecule has 1 fully saturated rings. The third-order valence-corrected chi connectivity index (χ3v) is 2.81. The van der Waals surface area contributed by atoms with Crippen molar-refractivity contribution in [1.82, 2.24) is 5.32 Å². The molecule has 1 atom stereocenters.